The van der Waals surface area contributed by atoms with Gasteiger partial charge in [-0.15, -0.1) is 0 Å². The Hall–Kier alpha value is -1.62. The highest BCUT2D eigenvalue weighted by molar-refractivity contribution is 9.10. The van der Waals surface area contributed by atoms with Crippen LogP contribution < -0.4 is 10.1 Å². The molecule has 0 bridgehead atoms. The zero-order chi connectivity index (χ0) is 12.3. The lowest BCUT2D eigenvalue weighted by Crippen LogP contribution is -1.93. The average molecular weight is 297 g/mol. The molecule has 0 radical (unpaired) electrons. The molecule has 2 rings (SSSR count). The third kappa shape index (κ3) is 2.94. The lowest BCUT2D eigenvalue weighted by molar-refractivity contribution is 0.477. The van der Waals surface area contributed by atoms with E-state index >= 15 is 0 Å². The largest absolute Gasteiger partial charge is 0.456 e. The van der Waals surface area contributed by atoms with Gasteiger partial charge in [-0.25, -0.2) is 9.37 Å². The van der Waals surface area contributed by atoms with E-state index in [1.807, 2.05) is 0 Å². The molecule has 2 aromatic rings. The highest BCUT2D eigenvalue weighted by atomic mass is 79.9. The first kappa shape index (κ1) is 11.9. The molecule has 0 amide bonds. The van der Waals surface area contributed by atoms with Crippen molar-refractivity contribution in [3.05, 3.63) is 46.8 Å². The Labute approximate surface area is 107 Å². The molecule has 17 heavy (non-hydrogen) atoms. The van der Waals surface area contributed by atoms with E-state index in [9.17, 15) is 4.39 Å². The molecule has 0 saturated carbocycles. The SMILES string of the molecule is CNc1cc(Oc2ccc(F)cc2Br)ccn1. The minimum absolute atomic E-state index is 0.310. The van der Waals surface area contributed by atoms with Gasteiger partial charge in [0.25, 0.3) is 0 Å². The number of halogens is 2. The molecule has 3 nitrogen and oxygen atoms in total. The fourth-order valence-electron chi connectivity index (χ4n) is 1.30. The van der Waals surface area contributed by atoms with Gasteiger partial charge in [0.1, 0.15) is 23.1 Å². The molecule has 5 heteroatoms. The lowest BCUT2D eigenvalue weighted by atomic mass is 10.3. The van der Waals surface area contributed by atoms with Gasteiger partial charge in [0, 0.05) is 19.3 Å². The third-order valence-electron chi connectivity index (χ3n) is 2.11. The van der Waals surface area contributed by atoms with Gasteiger partial charge >= 0.3 is 0 Å². The van der Waals surface area contributed by atoms with Gasteiger partial charge in [-0.2, -0.15) is 0 Å². The lowest BCUT2D eigenvalue weighted by Gasteiger charge is -2.08. The average Bonchev–Trinajstić information content (AvgIpc) is 2.33. The Morgan fingerprint density at radius 2 is 2.12 bits per heavy atom. The first-order valence-electron chi connectivity index (χ1n) is 4.96. The summed E-state index contributed by atoms with van der Waals surface area (Å²) < 4.78 is 19.1. The Morgan fingerprint density at radius 1 is 1.29 bits per heavy atom. The number of aromatic nitrogens is 1. The highest BCUT2D eigenvalue weighted by Gasteiger charge is 2.04. The molecule has 0 unspecified atom stereocenters. The molecule has 0 saturated heterocycles. The first-order valence-corrected chi connectivity index (χ1v) is 5.75. The Bertz CT molecular complexity index is 534. The van der Waals surface area contributed by atoms with Crippen molar-refractivity contribution in [2.24, 2.45) is 0 Å². The number of hydrogen-bond donors (Lipinski definition) is 1. The van der Waals surface area contributed by atoms with Crippen molar-refractivity contribution in [3.8, 4) is 11.5 Å². The quantitative estimate of drug-likeness (QED) is 0.935. The summed E-state index contributed by atoms with van der Waals surface area (Å²) in [5.74, 6) is 1.59. The van der Waals surface area contributed by atoms with E-state index < -0.39 is 0 Å². The van der Waals surface area contributed by atoms with Gasteiger partial charge in [0.05, 0.1) is 4.47 Å². The fraction of sp³-hybridized carbons (Fsp3) is 0.0833. The summed E-state index contributed by atoms with van der Waals surface area (Å²) >= 11 is 3.24. The second-order valence-corrected chi connectivity index (χ2v) is 4.16. The van der Waals surface area contributed by atoms with Crippen LogP contribution in [-0.4, -0.2) is 12.0 Å². The smallest absolute Gasteiger partial charge is 0.141 e. The summed E-state index contributed by atoms with van der Waals surface area (Å²) in [6, 6.07) is 7.76. The molecular formula is C12H10BrFN2O. The van der Waals surface area contributed by atoms with Crippen LogP contribution in [0.2, 0.25) is 0 Å². The summed E-state index contributed by atoms with van der Waals surface area (Å²) in [7, 11) is 1.78. The van der Waals surface area contributed by atoms with Crippen LogP contribution >= 0.6 is 15.9 Å². The minimum atomic E-state index is -0.310. The zero-order valence-corrected chi connectivity index (χ0v) is 10.7. The van der Waals surface area contributed by atoms with E-state index in [2.05, 4.69) is 26.2 Å². The Morgan fingerprint density at radius 3 is 2.82 bits per heavy atom. The van der Waals surface area contributed by atoms with Crippen LogP contribution in [0.5, 0.6) is 11.5 Å². The maximum atomic E-state index is 12.9. The zero-order valence-electron chi connectivity index (χ0n) is 9.08. The third-order valence-corrected chi connectivity index (χ3v) is 2.73. The Balaban J connectivity index is 2.25. The van der Waals surface area contributed by atoms with E-state index in [1.54, 1.807) is 31.4 Å². The van der Waals surface area contributed by atoms with E-state index in [1.165, 1.54) is 12.1 Å². The summed E-state index contributed by atoms with van der Waals surface area (Å²) in [5, 5.41) is 2.91. The molecule has 0 atom stereocenters. The molecule has 1 aromatic heterocycles. The van der Waals surface area contributed by atoms with Crippen LogP contribution in [0.1, 0.15) is 0 Å². The molecule has 0 fully saturated rings. The highest BCUT2D eigenvalue weighted by Crippen LogP contribution is 2.30. The van der Waals surface area contributed by atoms with E-state index in [4.69, 9.17) is 4.74 Å². The number of pyridine rings is 1. The summed E-state index contributed by atoms with van der Waals surface area (Å²) in [6.45, 7) is 0. The van der Waals surface area contributed by atoms with Crippen molar-refractivity contribution in [1.82, 2.24) is 4.98 Å². The van der Waals surface area contributed by atoms with Crippen LogP contribution in [0.15, 0.2) is 41.0 Å². The molecular weight excluding hydrogens is 287 g/mol. The number of anilines is 1. The molecule has 0 aliphatic rings. The second kappa shape index (κ2) is 5.14. The Kier molecular flexibility index (Phi) is 3.58. The number of ether oxygens (including phenoxy) is 1. The van der Waals surface area contributed by atoms with Gasteiger partial charge in [-0.05, 0) is 40.2 Å². The van der Waals surface area contributed by atoms with Crippen LogP contribution in [0, 0.1) is 5.82 Å². The molecule has 1 aromatic carbocycles. The first-order chi connectivity index (χ1) is 8.19. The molecule has 88 valence electrons. The molecule has 0 spiro atoms. The monoisotopic (exact) mass is 296 g/mol. The van der Waals surface area contributed by atoms with Crippen molar-refractivity contribution in [2.75, 3.05) is 12.4 Å². The second-order valence-electron chi connectivity index (χ2n) is 3.30. The predicted octanol–water partition coefficient (Wildman–Crippen LogP) is 3.82. The van der Waals surface area contributed by atoms with Crippen LogP contribution in [0.4, 0.5) is 10.2 Å². The number of benzene rings is 1. The minimum Gasteiger partial charge on any atom is -0.456 e. The number of rotatable bonds is 3. The normalized spacial score (nSPS) is 10.1. The summed E-state index contributed by atoms with van der Waals surface area (Å²) in [5.41, 5.74) is 0. The maximum Gasteiger partial charge on any atom is 0.141 e. The van der Waals surface area contributed by atoms with Crippen LogP contribution in [0.25, 0.3) is 0 Å². The van der Waals surface area contributed by atoms with E-state index in [-0.39, 0.29) is 5.82 Å². The number of nitrogens with zero attached hydrogens (tertiary/aromatic N) is 1. The molecule has 0 aliphatic heterocycles. The maximum absolute atomic E-state index is 12.9. The molecule has 0 aliphatic carbocycles. The van der Waals surface area contributed by atoms with Gasteiger partial charge < -0.3 is 10.1 Å². The van der Waals surface area contributed by atoms with Gasteiger partial charge in [0.15, 0.2) is 0 Å². The van der Waals surface area contributed by atoms with Crippen molar-refractivity contribution in [2.45, 2.75) is 0 Å². The van der Waals surface area contributed by atoms with E-state index in [0.29, 0.717) is 21.8 Å². The number of nitrogens with one attached hydrogen (secondary N) is 1. The standard InChI is InChI=1S/C12H10BrFN2O/c1-15-12-7-9(4-5-16-12)17-11-3-2-8(14)6-10(11)13/h2-7H,1H3,(H,15,16). The van der Waals surface area contributed by atoms with Crippen LogP contribution in [-0.2, 0) is 0 Å². The van der Waals surface area contributed by atoms with Crippen molar-refractivity contribution in [3.63, 3.8) is 0 Å². The molecule has 1 heterocycles. The van der Waals surface area contributed by atoms with Gasteiger partial charge in [-0.1, -0.05) is 0 Å². The van der Waals surface area contributed by atoms with Gasteiger partial charge in [-0.3, -0.25) is 0 Å². The summed E-state index contributed by atoms with van der Waals surface area (Å²) in [6.07, 6.45) is 1.64. The van der Waals surface area contributed by atoms with E-state index in [0.717, 1.165) is 0 Å². The predicted molar refractivity (Wildman–Crippen MR) is 68.0 cm³/mol. The number of hydrogen-bond acceptors (Lipinski definition) is 3. The molecule has 1 N–H and O–H groups in total. The van der Waals surface area contributed by atoms with Crippen molar-refractivity contribution in [1.29, 1.82) is 0 Å². The van der Waals surface area contributed by atoms with Gasteiger partial charge in [0.2, 0.25) is 0 Å². The fourth-order valence-corrected chi connectivity index (χ4v) is 1.73. The van der Waals surface area contributed by atoms with Crippen molar-refractivity contribution >= 4 is 21.7 Å². The summed E-state index contributed by atoms with van der Waals surface area (Å²) in [4.78, 5) is 4.07. The van der Waals surface area contributed by atoms with Crippen LogP contribution in [0.3, 0.4) is 0 Å². The van der Waals surface area contributed by atoms with Crippen molar-refractivity contribution < 1.29 is 9.13 Å². The topological polar surface area (TPSA) is 34.1 Å².